The Balaban J connectivity index is 1.77. The van der Waals surface area contributed by atoms with Crippen LogP contribution in [0.2, 0.25) is 0 Å². The van der Waals surface area contributed by atoms with Crippen LogP contribution < -0.4 is 5.32 Å². The number of nitrogens with one attached hydrogen (secondary N) is 2. The van der Waals surface area contributed by atoms with Crippen LogP contribution in [0, 0.1) is 5.82 Å². The molecule has 1 aromatic carbocycles. The molecule has 1 saturated heterocycles. The number of rotatable bonds is 1. The van der Waals surface area contributed by atoms with Gasteiger partial charge in [0.25, 0.3) is 0 Å². The first-order valence-electron chi connectivity index (χ1n) is 7.99. The molecule has 1 fully saturated rings. The van der Waals surface area contributed by atoms with Gasteiger partial charge in [0.1, 0.15) is 17.5 Å². The number of ether oxygens (including phenoxy) is 1. The molecule has 5 nitrogen and oxygen atoms in total. The number of hydrogen-bond donors (Lipinski definition) is 2. The molecular formula is C18H15FN4O. The van der Waals surface area contributed by atoms with Crippen LogP contribution in [0.5, 0.6) is 0 Å². The number of hydrogen-bond acceptors (Lipinski definition) is 4. The molecule has 0 bridgehead atoms. The van der Waals surface area contributed by atoms with E-state index >= 15 is 0 Å². The summed E-state index contributed by atoms with van der Waals surface area (Å²) < 4.78 is 19.2. The van der Waals surface area contributed by atoms with Crippen LogP contribution in [0.25, 0.3) is 22.5 Å². The number of fused-ring (bicyclic) bond motifs is 5. The number of anilines is 2. The molecule has 0 amide bonds. The molecule has 6 heteroatoms. The van der Waals surface area contributed by atoms with Crippen LogP contribution in [-0.2, 0) is 4.74 Å². The van der Waals surface area contributed by atoms with Crippen molar-refractivity contribution < 1.29 is 9.13 Å². The number of benzene rings is 1. The smallest absolute Gasteiger partial charge is 0.139 e. The van der Waals surface area contributed by atoms with Crippen LogP contribution in [-0.4, -0.2) is 28.2 Å². The lowest BCUT2D eigenvalue weighted by Crippen LogP contribution is -2.01. The van der Waals surface area contributed by atoms with E-state index in [0.717, 1.165) is 41.4 Å². The Morgan fingerprint density at radius 2 is 2.17 bits per heavy atom. The van der Waals surface area contributed by atoms with Crippen LogP contribution in [0.15, 0.2) is 36.5 Å². The molecule has 0 aliphatic carbocycles. The van der Waals surface area contributed by atoms with Crippen molar-refractivity contribution in [3.8, 4) is 22.5 Å². The molecule has 1 unspecified atom stereocenters. The number of nitrogens with zero attached hydrogens (tertiary/aromatic N) is 2. The molecule has 2 aliphatic heterocycles. The molecule has 3 aromatic rings. The Bertz CT molecular complexity index is 931. The predicted molar refractivity (Wildman–Crippen MR) is 88.7 cm³/mol. The van der Waals surface area contributed by atoms with E-state index in [0.29, 0.717) is 18.1 Å². The molecule has 4 heterocycles. The molecule has 2 N–H and O–H groups in total. The Hall–Kier alpha value is -2.73. The van der Waals surface area contributed by atoms with Crippen molar-refractivity contribution in [3.05, 3.63) is 48.2 Å². The molecule has 5 rings (SSSR count). The largest absolute Gasteiger partial charge is 0.381 e. The van der Waals surface area contributed by atoms with Gasteiger partial charge in [-0.05, 0) is 36.8 Å². The van der Waals surface area contributed by atoms with Crippen molar-refractivity contribution in [2.75, 3.05) is 18.5 Å². The summed E-state index contributed by atoms with van der Waals surface area (Å²) in [4.78, 5) is 12.7. The van der Waals surface area contributed by atoms with Crippen LogP contribution in [0.1, 0.15) is 18.2 Å². The molecular weight excluding hydrogens is 307 g/mol. The normalized spacial score (nSPS) is 18.3. The van der Waals surface area contributed by atoms with Crippen LogP contribution in [0.3, 0.4) is 0 Å². The third-order valence-corrected chi connectivity index (χ3v) is 4.61. The van der Waals surface area contributed by atoms with Crippen LogP contribution >= 0.6 is 0 Å². The standard InChI is InChI=1S/C18H15FN4O/c19-11-3-4-12-14(8-11)21-18-13(2-1-6-20-18)16-15(12)22-17(23-16)10-5-7-24-9-10/h1-4,6,8,10H,5,7,9H2,(H,20,21)(H,22,23). The highest BCUT2D eigenvalue weighted by Gasteiger charge is 2.27. The quantitative estimate of drug-likeness (QED) is 0.559. The minimum atomic E-state index is -0.290. The van der Waals surface area contributed by atoms with Crippen molar-refractivity contribution >= 4 is 11.5 Å². The highest BCUT2D eigenvalue weighted by atomic mass is 19.1. The third-order valence-electron chi connectivity index (χ3n) is 4.61. The average Bonchev–Trinajstić information content (AvgIpc) is 3.23. The van der Waals surface area contributed by atoms with Gasteiger partial charge < -0.3 is 15.0 Å². The van der Waals surface area contributed by atoms with E-state index < -0.39 is 0 Å². The fourth-order valence-corrected chi connectivity index (χ4v) is 3.39. The Kier molecular flexibility index (Phi) is 2.93. The minimum Gasteiger partial charge on any atom is -0.381 e. The second kappa shape index (κ2) is 5.14. The zero-order chi connectivity index (χ0) is 16.1. The monoisotopic (exact) mass is 322 g/mol. The van der Waals surface area contributed by atoms with Gasteiger partial charge in [0.15, 0.2) is 0 Å². The number of pyridine rings is 1. The molecule has 2 aliphatic rings. The van der Waals surface area contributed by atoms with E-state index in [4.69, 9.17) is 9.72 Å². The summed E-state index contributed by atoms with van der Waals surface area (Å²) >= 11 is 0. The summed E-state index contributed by atoms with van der Waals surface area (Å²) in [5, 5.41) is 3.23. The summed E-state index contributed by atoms with van der Waals surface area (Å²) in [6.45, 7) is 1.44. The van der Waals surface area contributed by atoms with Gasteiger partial charge in [-0.1, -0.05) is 0 Å². The summed E-state index contributed by atoms with van der Waals surface area (Å²) in [5.74, 6) is 1.60. The van der Waals surface area contributed by atoms with Gasteiger partial charge >= 0.3 is 0 Å². The number of aromatic amines is 1. The maximum atomic E-state index is 13.7. The number of imidazole rings is 1. The van der Waals surface area contributed by atoms with E-state index in [-0.39, 0.29) is 11.7 Å². The summed E-state index contributed by atoms with van der Waals surface area (Å²) in [6, 6.07) is 8.58. The average molecular weight is 322 g/mol. The molecule has 120 valence electrons. The maximum Gasteiger partial charge on any atom is 0.139 e. The van der Waals surface area contributed by atoms with E-state index in [9.17, 15) is 4.39 Å². The maximum absolute atomic E-state index is 13.7. The fraction of sp³-hybridized carbons (Fsp3) is 0.222. The van der Waals surface area contributed by atoms with Gasteiger partial charge in [-0.2, -0.15) is 0 Å². The lowest BCUT2D eigenvalue weighted by Gasteiger charge is -2.09. The minimum absolute atomic E-state index is 0.272. The van der Waals surface area contributed by atoms with Gasteiger partial charge in [-0.3, -0.25) is 0 Å². The topological polar surface area (TPSA) is 62.8 Å². The summed E-state index contributed by atoms with van der Waals surface area (Å²) in [7, 11) is 0. The molecule has 1 atom stereocenters. The van der Waals surface area contributed by atoms with E-state index in [1.807, 2.05) is 12.1 Å². The van der Waals surface area contributed by atoms with Crippen molar-refractivity contribution in [3.63, 3.8) is 0 Å². The first-order valence-corrected chi connectivity index (χ1v) is 7.99. The summed E-state index contributed by atoms with van der Waals surface area (Å²) in [5.41, 5.74) is 4.21. The lowest BCUT2D eigenvalue weighted by molar-refractivity contribution is 0.193. The summed E-state index contributed by atoms with van der Waals surface area (Å²) in [6.07, 6.45) is 2.68. The Morgan fingerprint density at radius 1 is 1.21 bits per heavy atom. The molecule has 0 saturated carbocycles. The number of H-pyrrole nitrogens is 1. The van der Waals surface area contributed by atoms with Crippen molar-refractivity contribution in [2.24, 2.45) is 0 Å². The molecule has 0 radical (unpaired) electrons. The zero-order valence-electron chi connectivity index (χ0n) is 12.8. The van der Waals surface area contributed by atoms with E-state index in [1.54, 1.807) is 12.3 Å². The second-order valence-electron chi connectivity index (χ2n) is 6.12. The Morgan fingerprint density at radius 3 is 3.04 bits per heavy atom. The van der Waals surface area contributed by atoms with Crippen molar-refractivity contribution in [1.82, 2.24) is 15.0 Å². The second-order valence-corrected chi connectivity index (χ2v) is 6.12. The van der Waals surface area contributed by atoms with Gasteiger partial charge in [0, 0.05) is 29.8 Å². The number of halogens is 1. The SMILES string of the molecule is Fc1ccc2c(c1)Nc1ncccc1-c1[nH]c(C3CCOC3)nc1-2. The van der Waals surface area contributed by atoms with Gasteiger partial charge in [0.2, 0.25) is 0 Å². The zero-order valence-corrected chi connectivity index (χ0v) is 12.8. The number of aromatic nitrogens is 3. The molecule has 2 aromatic heterocycles. The predicted octanol–water partition coefficient (Wildman–Crippen LogP) is 3.84. The molecule has 24 heavy (non-hydrogen) atoms. The molecule has 0 spiro atoms. The lowest BCUT2D eigenvalue weighted by atomic mass is 10.1. The van der Waals surface area contributed by atoms with Crippen LogP contribution in [0.4, 0.5) is 15.9 Å². The van der Waals surface area contributed by atoms with Crippen molar-refractivity contribution in [1.29, 1.82) is 0 Å². The Labute approximate surface area is 137 Å². The van der Waals surface area contributed by atoms with Gasteiger partial charge in [-0.25, -0.2) is 14.4 Å². The van der Waals surface area contributed by atoms with Gasteiger partial charge in [-0.15, -0.1) is 0 Å². The third kappa shape index (κ3) is 2.03. The highest BCUT2D eigenvalue weighted by Crippen LogP contribution is 2.43. The highest BCUT2D eigenvalue weighted by molar-refractivity contribution is 5.94. The van der Waals surface area contributed by atoms with Crippen molar-refractivity contribution in [2.45, 2.75) is 12.3 Å². The first kappa shape index (κ1) is 13.7. The van der Waals surface area contributed by atoms with Gasteiger partial charge in [0.05, 0.1) is 23.7 Å². The first-order chi connectivity index (χ1) is 11.8. The fourth-order valence-electron chi connectivity index (χ4n) is 3.39. The van der Waals surface area contributed by atoms with E-state index in [1.165, 1.54) is 12.1 Å². The van der Waals surface area contributed by atoms with E-state index in [2.05, 4.69) is 15.3 Å².